The lowest BCUT2D eigenvalue weighted by atomic mass is 10.4. The Morgan fingerprint density at radius 1 is 1.09 bits per heavy atom. The van der Waals surface area contributed by atoms with Crippen LogP contribution in [0.5, 0.6) is 0 Å². The molecule has 0 amide bonds. The van der Waals surface area contributed by atoms with E-state index in [1.54, 1.807) is 0 Å². The third kappa shape index (κ3) is 0.741. The smallest absolute Gasteiger partial charge is 0.224 e. The normalized spacial score (nSPS) is 12.7. The Balaban J connectivity index is 2.66. The fourth-order valence-corrected chi connectivity index (χ4v) is 0.752. The number of aromatic nitrogens is 2. The van der Waals surface area contributed by atoms with Crippen molar-refractivity contribution < 1.29 is 0 Å². The number of hydrogen-bond acceptors (Lipinski definition) is 6. The standard InChI is InChI=1S/C4H4N7/c5-2-1-3(10-11-9-1)8-4(6)7-2/h(H4,5,6,7,8). The number of nitrogens with zero attached hydrogens (tertiary/aromatic N) is 5. The van der Waals surface area contributed by atoms with Gasteiger partial charge in [-0.05, 0) is 5.22 Å². The van der Waals surface area contributed by atoms with Gasteiger partial charge in [-0.25, -0.2) is 0 Å². The van der Waals surface area contributed by atoms with Crippen LogP contribution in [0.25, 0.3) is 0 Å². The minimum Gasteiger partial charge on any atom is -0.382 e. The van der Waals surface area contributed by atoms with Gasteiger partial charge in [-0.3, -0.25) is 0 Å². The molecular formula is C4H4N7. The zero-order chi connectivity index (χ0) is 7.84. The summed E-state index contributed by atoms with van der Waals surface area (Å²) in [4.78, 5) is 7.42. The molecule has 4 N–H and O–H groups in total. The quantitative estimate of drug-likeness (QED) is 0.536. The minimum atomic E-state index is 0.0808. The van der Waals surface area contributed by atoms with Crippen LogP contribution in [0.4, 0.5) is 23.3 Å². The summed E-state index contributed by atoms with van der Waals surface area (Å²) in [7, 11) is 0. The van der Waals surface area contributed by atoms with Crippen LogP contribution in [-0.2, 0) is 0 Å². The summed E-state index contributed by atoms with van der Waals surface area (Å²) in [5.74, 6) is 0.616. The van der Waals surface area contributed by atoms with Crippen LogP contribution in [0.15, 0.2) is 10.3 Å². The lowest BCUT2D eigenvalue weighted by Crippen LogP contribution is -2.00. The maximum atomic E-state index is 5.43. The molecule has 0 aromatic carbocycles. The molecule has 0 spiro atoms. The maximum Gasteiger partial charge on any atom is 0.224 e. The van der Waals surface area contributed by atoms with Crippen LogP contribution in [-0.4, -0.2) is 9.97 Å². The van der Waals surface area contributed by atoms with Crippen LogP contribution in [0.2, 0.25) is 0 Å². The number of rotatable bonds is 0. The number of anilines is 2. The molecule has 0 saturated heterocycles. The average Bonchev–Trinajstić information content (AvgIpc) is 2.34. The molecule has 1 aliphatic heterocycles. The topological polar surface area (TPSA) is 117 Å². The molecule has 7 nitrogen and oxygen atoms in total. The fourth-order valence-electron chi connectivity index (χ4n) is 0.752. The van der Waals surface area contributed by atoms with E-state index in [1.807, 2.05) is 0 Å². The molecule has 0 bridgehead atoms. The first-order chi connectivity index (χ1) is 5.27. The highest BCUT2D eigenvalue weighted by Gasteiger charge is 2.16. The number of hydrogen-bond donors (Lipinski definition) is 2. The van der Waals surface area contributed by atoms with Gasteiger partial charge in [-0.2, -0.15) is 9.97 Å². The van der Waals surface area contributed by atoms with Gasteiger partial charge in [0, 0.05) is 0 Å². The molecule has 1 aliphatic rings. The van der Waals surface area contributed by atoms with Gasteiger partial charge in [-0.1, -0.05) is 0 Å². The molecule has 0 unspecified atom stereocenters. The summed E-state index contributed by atoms with van der Waals surface area (Å²) in [5.41, 5.74) is 14.7. The molecule has 55 valence electrons. The molecule has 0 aliphatic carbocycles. The molecule has 7 heteroatoms. The Hall–Kier alpha value is -1.92. The Morgan fingerprint density at radius 3 is 2.73 bits per heavy atom. The fraction of sp³-hybridized carbons (Fsp3) is 0. The van der Waals surface area contributed by atoms with Gasteiger partial charge in [0.1, 0.15) is 0 Å². The predicted molar refractivity (Wildman–Crippen MR) is 37.2 cm³/mol. The van der Waals surface area contributed by atoms with Crippen LogP contribution < -0.4 is 16.9 Å². The van der Waals surface area contributed by atoms with Crippen molar-refractivity contribution in [3.63, 3.8) is 0 Å². The molecule has 1 aromatic heterocycles. The number of nitrogen functional groups attached to an aromatic ring is 2. The first-order valence-corrected chi connectivity index (χ1v) is 2.82. The van der Waals surface area contributed by atoms with Crippen molar-refractivity contribution >= 4 is 23.3 Å². The Labute approximate surface area is 61.5 Å². The average molecular weight is 150 g/mol. The van der Waals surface area contributed by atoms with E-state index in [0.29, 0.717) is 11.5 Å². The second kappa shape index (κ2) is 1.78. The van der Waals surface area contributed by atoms with Crippen LogP contribution in [0, 0.1) is 0 Å². The molecule has 0 saturated carbocycles. The lowest BCUT2D eigenvalue weighted by molar-refractivity contribution is 0.922. The van der Waals surface area contributed by atoms with E-state index < -0.39 is 0 Å². The largest absolute Gasteiger partial charge is 0.382 e. The molecule has 1 aromatic rings. The Kier molecular flexibility index (Phi) is 0.945. The molecule has 11 heavy (non-hydrogen) atoms. The Morgan fingerprint density at radius 2 is 1.91 bits per heavy atom. The van der Waals surface area contributed by atoms with Gasteiger partial charge >= 0.3 is 0 Å². The summed E-state index contributed by atoms with van der Waals surface area (Å²) in [5, 5.41) is 6.93. The van der Waals surface area contributed by atoms with E-state index in [9.17, 15) is 0 Å². The van der Waals surface area contributed by atoms with E-state index in [-0.39, 0.29) is 11.8 Å². The third-order valence-electron chi connectivity index (χ3n) is 1.19. The highest BCUT2D eigenvalue weighted by molar-refractivity contribution is 5.71. The van der Waals surface area contributed by atoms with Crippen LogP contribution >= 0.6 is 0 Å². The number of nitrogens with two attached hydrogens (primary N) is 2. The number of fused-ring (bicyclic) bond motifs is 1. The summed E-state index contributed by atoms with van der Waals surface area (Å²) >= 11 is 0. The summed E-state index contributed by atoms with van der Waals surface area (Å²) in [6.07, 6.45) is 0. The monoisotopic (exact) mass is 150 g/mol. The van der Waals surface area contributed by atoms with Crippen LogP contribution in [0.1, 0.15) is 0 Å². The van der Waals surface area contributed by atoms with Gasteiger partial charge in [0.05, 0.1) is 0 Å². The van der Waals surface area contributed by atoms with E-state index in [1.165, 1.54) is 0 Å². The van der Waals surface area contributed by atoms with Crippen molar-refractivity contribution in [2.24, 2.45) is 10.3 Å². The van der Waals surface area contributed by atoms with E-state index >= 15 is 0 Å². The predicted octanol–water partition coefficient (Wildman–Crippen LogP) is -0.111. The van der Waals surface area contributed by atoms with Crippen molar-refractivity contribution in [2.45, 2.75) is 0 Å². The maximum absolute atomic E-state index is 5.43. The van der Waals surface area contributed by atoms with Gasteiger partial charge in [-0.15, -0.1) is 10.5 Å². The minimum absolute atomic E-state index is 0.0808. The molecule has 2 heterocycles. The first-order valence-electron chi connectivity index (χ1n) is 2.82. The van der Waals surface area contributed by atoms with E-state index in [4.69, 9.17) is 11.5 Å². The molecule has 1 radical (unpaired) electrons. The zero-order valence-electron chi connectivity index (χ0n) is 5.39. The zero-order valence-corrected chi connectivity index (χ0v) is 5.39. The van der Waals surface area contributed by atoms with Gasteiger partial charge < -0.3 is 11.5 Å². The van der Waals surface area contributed by atoms with E-state index in [0.717, 1.165) is 0 Å². The van der Waals surface area contributed by atoms with Gasteiger partial charge in [0.2, 0.25) is 11.8 Å². The summed E-state index contributed by atoms with van der Waals surface area (Å²) < 4.78 is 0. The second-order valence-corrected chi connectivity index (χ2v) is 1.93. The Bertz CT molecular complexity index is 329. The lowest BCUT2D eigenvalue weighted by Gasteiger charge is -1.97. The molecule has 0 atom stereocenters. The molecule has 2 rings (SSSR count). The first kappa shape index (κ1) is 5.83. The second-order valence-electron chi connectivity index (χ2n) is 1.93. The van der Waals surface area contributed by atoms with Crippen molar-refractivity contribution in [1.29, 1.82) is 0 Å². The highest BCUT2D eigenvalue weighted by atomic mass is 15.5. The van der Waals surface area contributed by atoms with Crippen molar-refractivity contribution in [2.75, 3.05) is 11.5 Å². The summed E-state index contributed by atoms with van der Waals surface area (Å²) in [6, 6.07) is 0. The van der Waals surface area contributed by atoms with Crippen molar-refractivity contribution in [3.8, 4) is 0 Å². The van der Waals surface area contributed by atoms with Crippen molar-refractivity contribution in [3.05, 3.63) is 0 Å². The SMILES string of the molecule is Nc1nc(N)c2c(n1)N=N[N]2. The highest BCUT2D eigenvalue weighted by Crippen LogP contribution is 2.32. The van der Waals surface area contributed by atoms with Gasteiger partial charge in [0.25, 0.3) is 0 Å². The van der Waals surface area contributed by atoms with Crippen LogP contribution in [0.3, 0.4) is 0 Å². The molecular weight excluding hydrogens is 146 g/mol. The van der Waals surface area contributed by atoms with Gasteiger partial charge in [0.15, 0.2) is 11.5 Å². The molecule has 0 fully saturated rings. The van der Waals surface area contributed by atoms with Crippen molar-refractivity contribution in [1.82, 2.24) is 15.4 Å². The van der Waals surface area contributed by atoms with E-state index in [2.05, 4.69) is 25.7 Å². The third-order valence-corrected chi connectivity index (χ3v) is 1.19. The summed E-state index contributed by atoms with van der Waals surface area (Å²) in [6.45, 7) is 0.